The summed E-state index contributed by atoms with van der Waals surface area (Å²) in [7, 11) is 1.53. The Hall–Kier alpha value is -2.07. The maximum absolute atomic E-state index is 11.2. The van der Waals surface area contributed by atoms with Gasteiger partial charge in [0.15, 0.2) is 0 Å². The highest BCUT2D eigenvalue weighted by molar-refractivity contribution is 6.29. The summed E-state index contributed by atoms with van der Waals surface area (Å²) in [6, 6.07) is 8.47. The summed E-state index contributed by atoms with van der Waals surface area (Å²) in [4.78, 5) is 15.1. The van der Waals surface area contributed by atoms with Crippen LogP contribution in [0.3, 0.4) is 0 Å². The van der Waals surface area contributed by atoms with Crippen molar-refractivity contribution in [3.8, 4) is 16.9 Å². The number of hydrogen-bond donors (Lipinski definition) is 1. The van der Waals surface area contributed by atoms with Gasteiger partial charge in [-0.1, -0.05) is 29.8 Å². The van der Waals surface area contributed by atoms with Gasteiger partial charge in [0, 0.05) is 17.3 Å². The molecule has 0 amide bonds. The van der Waals surface area contributed by atoms with Crippen LogP contribution < -0.4 is 4.74 Å². The van der Waals surface area contributed by atoms with Crippen molar-refractivity contribution in [2.24, 2.45) is 0 Å². The molecule has 92 valence electrons. The Labute approximate surface area is 109 Å². The molecule has 0 unspecified atom stereocenters. The molecule has 1 aromatic carbocycles. The van der Waals surface area contributed by atoms with Gasteiger partial charge in [-0.3, -0.25) is 0 Å². The lowest BCUT2D eigenvalue weighted by Gasteiger charge is -2.10. The maximum Gasteiger partial charge on any atom is 0.336 e. The van der Waals surface area contributed by atoms with E-state index in [1.54, 1.807) is 18.2 Å². The molecule has 0 aliphatic heterocycles. The van der Waals surface area contributed by atoms with E-state index < -0.39 is 5.97 Å². The van der Waals surface area contributed by atoms with E-state index in [9.17, 15) is 9.90 Å². The highest BCUT2D eigenvalue weighted by atomic mass is 35.5. The van der Waals surface area contributed by atoms with Gasteiger partial charge in [0.1, 0.15) is 10.9 Å². The Bertz CT molecular complexity index is 599. The van der Waals surface area contributed by atoms with Crippen molar-refractivity contribution in [2.75, 3.05) is 7.11 Å². The van der Waals surface area contributed by atoms with Gasteiger partial charge >= 0.3 is 5.97 Å². The van der Waals surface area contributed by atoms with Crippen molar-refractivity contribution in [1.82, 2.24) is 4.98 Å². The molecular formula is C13H10ClNO3. The average molecular weight is 264 g/mol. The number of halogens is 1. The predicted octanol–water partition coefficient (Wildman–Crippen LogP) is 3.11. The molecule has 2 aromatic rings. The molecule has 2 rings (SSSR count). The van der Waals surface area contributed by atoms with Crippen molar-refractivity contribution in [3.05, 3.63) is 47.2 Å². The number of nitrogens with zero attached hydrogens (tertiary/aromatic N) is 1. The Kier molecular flexibility index (Phi) is 3.48. The van der Waals surface area contributed by atoms with Crippen LogP contribution in [0, 0.1) is 0 Å². The third-order valence-electron chi connectivity index (χ3n) is 2.50. The number of benzene rings is 1. The van der Waals surface area contributed by atoms with E-state index >= 15 is 0 Å². The lowest BCUT2D eigenvalue weighted by Crippen LogP contribution is -2.01. The molecule has 0 saturated carbocycles. The number of aromatic carboxylic acids is 1. The zero-order valence-corrected chi connectivity index (χ0v) is 10.3. The molecule has 0 aliphatic carbocycles. The summed E-state index contributed by atoms with van der Waals surface area (Å²) in [6.45, 7) is 0. The first-order chi connectivity index (χ1) is 8.63. The Morgan fingerprint density at radius 3 is 2.72 bits per heavy atom. The van der Waals surface area contributed by atoms with Crippen molar-refractivity contribution in [3.63, 3.8) is 0 Å². The van der Waals surface area contributed by atoms with Crippen molar-refractivity contribution >= 4 is 17.6 Å². The molecule has 0 radical (unpaired) electrons. The lowest BCUT2D eigenvalue weighted by molar-refractivity contribution is 0.0697. The molecular weight excluding hydrogens is 254 g/mol. The quantitative estimate of drug-likeness (QED) is 0.865. The van der Waals surface area contributed by atoms with Crippen LogP contribution in [-0.4, -0.2) is 23.2 Å². The fourth-order valence-corrected chi connectivity index (χ4v) is 1.85. The standard InChI is InChI=1S/C13H10ClNO3/c1-18-11-5-3-2-4-8(11)10-7-15-12(14)6-9(10)13(16)17/h2-7H,1H3,(H,16,17). The number of carboxylic acid groups (broad SMARTS) is 1. The molecule has 0 saturated heterocycles. The minimum absolute atomic E-state index is 0.0968. The number of carbonyl (C=O) groups is 1. The largest absolute Gasteiger partial charge is 0.496 e. The summed E-state index contributed by atoms with van der Waals surface area (Å²) in [5.74, 6) is -0.468. The molecule has 0 fully saturated rings. The first-order valence-electron chi connectivity index (χ1n) is 5.15. The van der Waals surface area contributed by atoms with E-state index in [0.717, 1.165) is 0 Å². The molecule has 1 heterocycles. The van der Waals surface area contributed by atoms with E-state index in [0.29, 0.717) is 16.9 Å². The molecule has 18 heavy (non-hydrogen) atoms. The highest BCUT2D eigenvalue weighted by Gasteiger charge is 2.15. The predicted molar refractivity (Wildman–Crippen MR) is 68.2 cm³/mol. The van der Waals surface area contributed by atoms with Gasteiger partial charge in [-0.2, -0.15) is 0 Å². The summed E-state index contributed by atoms with van der Waals surface area (Å²) in [5.41, 5.74) is 1.24. The highest BCUT2D eigenvalue weighted by Crippen LogP contribution is 2.32. The van der Waals surface area contributed by atoms with Crippen molar-refractivity contribution < 1.29 is 14.6 Å². The van der Waals surface area contributed by atoms with Crippen LogP contribution in [0.5, 0.6) is 5.75 Å². The number of hydrogen-bond acceptors (Lipinski definition) is 3. The summed E-state index contributed by atoms with van der Waals surface area (Å²) in [6.07, 6.45) is 1.43. The van der Waals surface area contributed by atoms with Gasteiger partial charge in [-0.15, -0.1) is 0 Å². The topological polar surface area (TPSA) is 59.4 Å². The van der Waals surface area contributed by atoms with Gasteiger partial charge in [0.05, 0.1) is 12.7 Å². The molecule has 0 bridgehead atoms. The van der Waals surface area contributed by atoms with E-state index in [1.165, 1.54) is 19.4 Å². The van der Waals surface area contributed by atoms with Gasteiger partial charge in [0.25, 0.3) is 0 Å². The number of aromatic nitrogens is 1. The minimum Gasteiger partial charge on any atom is -0.496 e. The number of methoxy groups -OCH3 is 1. The fraction of sp³-hybridized carbons (Fsp3) is 0.0769. The fourth-order valence-electron chi connectivity index (χ4n) is 1.69. The summed E-state index contributed by atoms with van der Waals surface area (Å²) < 4.78 is 5.21. The average Bonchev–Trinajstić information content (AvgIpc) is 2.38. The normalized spacial score (nSPS) is 10.1. The van der Waals surface area contributed by atoms with Crippen molar-refractivity contribution in [1.29, 1.82) is 0 Å². The zero-order chi connectivity index (χ0) is 13.1. The molecule has 0 spiro atoms. The molecule has 0 atom stereocenters. The SMILES string of the molecule is COc1ccccc1-c1cnc(Cl)cc1C(=O)O. The first kappa shape index (κ1) is 12.4. The van der Waals surface area contributed by atoms with Crippen LogP contribution in [0.4, 0.5) is 0 Å². The second-order valence-corrected chi connectivity index (χ2v) is 3.95. The third kappa shape index (κ3) is 2.28. The maximum atomic E-state index is 11.2. The molecule has 4 nitrogen and oxygen atoms in total. The monoisotopic (exact) mass is 263 g/mol. The van der Waals surface area contributed by atoms with Crippen molar-refractivity contribution in [2.45, 2.75) is 0 Å². The third-order valence-corrected chi connectivity index (χ3v) is 2.70. The van der Waals surface area contributed by atoms with Crippen LogP contribution in [0.15, 0.2) is 36.5 Å². The van der Waals surface area contributed by atoms with E-state index in [4.69, 9.17) is 16.3 Å². The van der Waals surface area contributed by atoms with Crippen LogP contribution in [0.25, 0.3) is 11.1 Å². The summed E-state index contributed by atoms with van der Waals surface area (Å²) in [5, 5.41) is 9.33. The van der Waals surface area contributed by atoms with Gasteiger partial charge in [-0.25, -0.2) is 9.78 Å². The molecule has 1 N–H and O–H groups in total. The Morgan fingerprint density at radius 2 is 2.06 bits per heavy atom. The van der Waals surface area contributed by atoms with Gasteiger partial charge in [-0.05, 0) is 12.1 Å². The Morgan fingerprint density at radius 1 is 1.33 bits per heavy atom. The number of ether oxygens (including phenoxy) is 1. The number of carboxylic acids is 1. The molecule has 5 heteroatoms. The van der Waals surface area contributed by atoms with Gasteiger partial charge < -0.3 is 9.84 Å². The van der Waals surface area contributed by atoms with E-state index in [1.807, 2.05) is 6.07 Å². The summed E-state index contributed by atoms with van der Waals surface area (Å²) >= 11 is 5.72. The minimum atomic E-state index is -1.06. The second kappa shape index (κ2) is 5.06. The molecule has 1 aromatic heterocycles. The van der Waals surface area contributed by atoms with E-state index in [2.05, 4.69) is 4.98 Å². The van der Waals surface area contributed by atoms with Gasteiger partial charge in [0.2, 0.25) is 0 Å². The van der Waals surface area contributed by atoms with Crippen LogP contribution >= 0.6 is 11.6 Å². The smallest absolute Gasteiger partial charge is 0.336 e. The second-order valence-electron chi connectivity index (χ2n) is 3.56. The number of rotatable bonds is 3. The first-order valence-corrected chi connectivity index (χ1v) is 5.53. The van der Waals surface area contributed by atoms with Crippen LogP contribution in [0.2, 0.25) is 5.15 Å². The molecule has 0 aliphatic rings. The Balaban J connectivity index is 2.67. The lowest BCUT2D eigenvalue weighted by atomic mass is 10.0. The van der Waals surface area contributed by atoms with Crippen LogP contribution in [0.1, 0.15) is 10.4 Å². The zero-order valence-electron chi connectivity index (χ0n) is 9.55. The number of pyridine rings is 1. The van der Waals surface area contributed by atoms with Crippen LogP contribution in [-0.2, 0) is 0 Å². The number of para-hydroxylation sites is 1. The van der Waals surface area contributed by atoms with E-state index in [-0.39, 0.29) is 10.7 Å².